The molecule has 1 heterocycles. The smallest absolute Gasteiger partial charge is 0.245 e. The Morgan fingerprint density at radius 2 is 1.92 bits per heavy atom. The molecule has 0 bridgehead atoms. The number of aromatic amines is 1. The van der Waals surface area contributed by atoms with Crippen molar-refractivity contribution in [1.82, 2.24) is 19.9 Å². The highest BCUT2D eigenvalue weighted by atomic mass is 79.9. The number of nitrogens with zero attached hydrogens (tertiary/aromatic N) is 2. The summed E-state index contributed by atoms with van der Waals surface area (Å²) >= 11 is 3.30. The molecule has 2 N–H and O–H groups in total. The fourth-order valence-corrected chi connectivity index (χ4v) is 4.37. The minimum atomic E-state index is -3.91. The summed E-state index contributed by atoms with van der Waals surface area (Å²) in [4.78, 5) is 4.32. The molecule has 0 radical (unpaired) electrons. The zero-order valence-electron chi connectivity index (χ0n) is 14.1. The van der Waals surface area contributed by atoms with Crippen LogP contribution in [0.5, 0.6) is 5.75 Å². The Bertz CT molecular complexity index is 1010. The number of aryl methyl sites for hydroxylation is 1. The number of aromatic nitrogens is 3. The van der Waals surface area contributed by atoms with Gasteiger partial charge >= 0.3 is 0 Å². The maximum absolute atomic E-state index is 13.1. The highest BCUT2D eigenvalue weighted by Crippen LogP contribution is 2.29. The van der Waals surface area contributed by atoms with E-state index < -0.39 is 16.1 Å². The van der Waals surface area contributed by atoms with Crippen LogP contribution in [-0.2, 0) is 10.0 Å². The van der Waals surface area contributed by atoms with E-state index in [-0.39, 0.29) is 10.6 Å². The summed E-state index contributed by atoms with van der Waals surface area (Å²) in [5.74, 6) is 1.19. The van der Waals surface area contributed by atoms with Gasteiger partial charge in [-0.3, -0.25) is 5.10 Å². The topological polar surface area (TPSA) is 97.0 Å². The van der Waals surface area contributed by atoms with Crippen molar-refractivity contribution in [2.24, 2.45) is 0 Å². The van der Waals surface area contributed by atoms with Crippen molar-refractivity contribution in [3.63, 3.8) is 0 Å². The van der Waals surface area contributed by atoms with E-state index in [0.717, 1.165) is 5.56 Å². The van der Waals surface area contributed by atoms with Crippen LogP contribution in [0.3, 0.4) is 0 Å². The first-order valence-corrected chi connectivity index (χ1v) is 9.98. The van der Waals surface area contributed by atoms with Gasteiger partial charge in [0.2, 0.25) is 10.0 Å². The second kappa shape index (κ2) is 7.56. The molecule has 0 spiro atoms. The highest BCUT2D eigenvalue weighted by molar-refractivity contribution is 9.10. The average Bonchev–Trinajstić information content (AvgIpc) is 3.06. The summed E-state index contributed by atoms with van der Waals surface area (Å²) in [6, 6.07) is 13.2. The molecule has 2 aromatic carbocycles. The van der Waals surface area contributed by atoms with Crippen LogP contribution in [0.4, 0.5) is 0 Å². The predicted molar refractivity (Wildman–Crippen MR) is 100 cm³/mol. The number of nitrogens with one attached hydrogen (secondary N) is 2. The standard InChI is InChI=1S/C17H17BrN4O3S/c1-11-19-17(21-20-11)16(12-6-4-3-5-7-12)22-26(23,24)15-10-13(18)8-9-14(15)25-2/h3-10,16,22H,1-2H3,(H,19,20,21). The molecule has 0 aliphatic rings. The van der Waals surface area contributed by atoms with Gasteiger partial charge in [0.05, 0.1) is 7.11 Å². The van der Waals surface area contributed by atoms with E-state index >= 15 is 0 Å². The molecule has 26 heavy (non-hydrogen) atoms. The molecule has 3 rings (SSSR count). The van der Waals surface area contributed by atoms with E-state index in [1.54, 1.807) is 19.1 Å². The van der Waals surface area contributed by atoms with Crippen LogP contribution < -0.4 is 9.46 Å². The Morgan fingerprint density at radius 1 is 1.19 bits per heavy atom. The molecule has 0 aliphatic heterocycles. The highest BCUT2D eigenvalue weighted by Gasteiger charge is 2.28. The normalized spacial score (nSPS) is 12.7. The fourth-order valence-electron chi connectivity index (χ4n) is 2.48. The lowest BCUT2D eigenvalue weighted by Gasteiger charge is -2.18. The Hall–Kier alpha value is -2.23. The van der Waals surface area contributed by atoms with Gasteiger partial charge in [0.1, 0.15) is 22.5 Å². The number of rotatable bonds is 6. The maximum atomic E-state index is 13.1. The molecule has 1 atom stereocenters. The molecule has 0 saturated heterocycles. The summed E-state index contributed by atoms with van der Waals surface area (Å²) in [6.45, 7) is 1.75. The van der Waals surface area contributed by atoms with Gasteiger partial charge in [-0.2, -0.15) is 9.82 Å². The van der Waals surface area contributed by atoms with E-state index in [0.29, 0.717) is 16.1 Å². The first-order valence-electron chi connectivity index (χ1n) is 7.70. The summed E-state index contributed by atoms with van der Waals surface area (Å²) in [7, 11) is -2.48. The molecule has 0 aliphatic carbocycles. The molecule has 1 unspecified atom stereocenters. The largest absolute Gasteiger partial charge is 0.495 e. The fraction of sp³-hybridized carbons (Fsp3) is 0.176. The van der Waals surface area contributed by atoms with Gasteiger partial charge in [0.15, 0.2) is 5.82 Å². The van der Waals surface area contributed by atoms with Gasteiger partial charge in [-0.15, -0.1) is 0 Å². The van der Waals surface area contributed by atoms with Gasteiger partial charge in [0.25, 0.3) is 0 Å². The van der Waals surface area contributed by atoms with E-state index in [2.05, 4.69) is 35.8 Å². The van der Waals surface area contributed by atoms with Crippen molar-refractivity contribution in [3.05, 3.63) is 70.2 Å². The van der Waals surface area contributed by atoms with E-state index in [9.17, 15) is 8.42 Å². The number of benzene rings is 2. The van der Waals surface area contributed by atoms with Crippen LogP contribution >= 0.6 is 15.9 Å². The van der Waals surface area contributed by atoms with Gasteiger partial charge < -0.3 is 4.74 Å². The van der Waals surface area contributed by atoms with Gasteiger partial charge in [-0.25, -0.2) is 13.4 Å². The number of hydrogen-bond acceptors (Lipinski definition) is 5. The Balaban J connectivity index is 2.05. The molecule has 136 valence electrons. The van der Waals surface area contributed by atoms with Crippen LogP contribution in [0.15, 0.2) is 57.9 Å². The third-order valence-corrected chi connectivity index (χ3v) is 5.63. The Morgan fingerprint density at radius 3 is 2.54 bits per heavy atom. The summed E-state index contributed by atoms with van der Waals surface area (Å²) in [5.41, 5.74) is 0.726. The molecule has 0 amide bonds. The van der Waals surface area contributed by atoms with Crippen LogP contribution in [0, 0.1) is 6.92 Å². The predicted octanol–water partition coefficient (Wildman–Crippen LogP) is 2.95. The molecule has 0 saturated carbocycles. The quantitative estimate of drug-likeness (QED) is 0.618. The SMILES string of the molecule is COc1ccc(Br)cc1S(=O)(=O)NC(c1ccccc1)c1n[nH]c(C)n1. The van der Waals surface area contributed by atoms with Crippen LogP contribution in [0.25, 0.3) is 0 Å². The molecule has 3 aromatic rings. The monoisotopic (exact) mass is 436 g/mol. The van der Waals surface area contributed by atoms with Crippen molar-refractivity contribution in [2.75, 3.05) is 7.11 Å². The van der Waals surface area contributed by atoms with Crippen molar-refractivity contribution in [2.45, 2.75) is 17.9 Å². The van der Waals surface area contributed by atoms with Gasteiger partial charge in [-0.1, -0.05) is 46.3 Å². The lowest BCUT2D eigenvalue weighted by atomic mass is 10.1. The van der Waals surface area contributed by atoms with Crippen molar-refractivity contribution >= 4 is 26.0 Å². The first-order chi connectivity index (χ1) is 12.4. The van der Waals surface area contributed by atoms with E-state index in [4.69, 9.17) is 4.74 Å². The van der Waals surface area contributed by atoms with Gasteiger partial charge in [-0.05, 0) is 30.7 Å². The lowest BCUT2D eigenvalue weighted by molar-refractivity contribution is 0.402. The van der Waals surface area contributed by atoms with Crippen LogP contribution in [0.1, 0.15) is 23.3 Å². The summed E-state index contributed by atoms with van der Waals surface area (Å²) in [6.07, 6.45) is 0. The second-order valence-corrected chi connectivity index (χ2v) is 8.14. The third-order valence-electron chi connectivity index (χ3n) is 3.69. The Kier molecular flexibility index (Phi) is 5.40. The van der Waals surface area contributed by atoms with Crippen LogP contribution in [-0.4, -0.2) is 30.7 Å². The number of halogens is 1. The minimum absolute atomic E-state index is 0.0302. The first kappa shape index (κ1) is 18.6. The lowest BCUT2D eigenvalue weighted by Crippen LogP contribution is -2.30. The average molecular weight is 437 g/mol. The number of hydrogen-bond donors (Lipinski definition) is 2. The minimum Gasteiger partial charge on any atom is -0.495 e. The maximum Gasteiger partial charge on any atom is 0.245 e. The number of ether oxygens (including phenoxy) is 1. The van der Waals surface area contributed by atoms with Crippen molar-refractivity contribution in [3.8, 4) is 5.75 Å². The summed E-state index contributed by atoms with van der Waals surface area (Å²) < 4.78 is 34.6. The third kappa shape index (κ3) is 3.95. The summed E-state index contributed by atoms with van der Waals surface area (Å²) in [5, 5.41) is 6.87. The molecular formula is C17H17BrN4O3S. The number of H-pyrrole nitrogens is 1. The zero-order chi connectivity index (χ0) is 18.7. The van der Waals surface area contributed by atoms with Crippen molar-refractivity contribution in [1.29, 1.82) is 0 Å². The Labute approximate surface area is 160 Å². The van der Waals surface area contributed by atoms with Crippen molar-refractivity contribution < 1.29 is 13.2 Å². The number of sulfonamides is 1. The van der Waals surface area contributed by atoms with Gasteiger partial charge in [0, 0.05) is 4.47 Å². The van der Waals surface area contributed by atoms with E-state index in [1.807, 2.05) is 30.3 Å². The molecule has 1 aromatic heterocycles. The molecule has 0 fully saturated rings. The van der Waals surface area contributed by atoms with E-state index in [1.165, 1.54) is 13.2 Å². The number of methoxy groups -OCH3 is 1. The zero-order valence-corrected chi connectivity index (χ0v) is 16.5. The van der Waals surface area contributed by atoms with Crippen LogP contribution in [0.2, 0.25) is 0 Å². The molecule has 9 heteroatoms. The molecule has 7 nitrogen and oxygen atoms in total. The molecular weight excluding hydrogens is 420 g/mol. The second-order valence-electron chi connectivity index (χ2n) is 5.54.